The Morgan fingerprint density at radius 3 is 2.74 bits per heavy atom. The molecule has 1 saturated heterocycles. The number of carbonyl (C=O) groups excluding carboxylic acids is 1. The van der Waals surface area contributed by atoms with Gasteiger partial charge in [-0.15, -0.1) is 0 Å². The maximum Gasteiger partial charge on any atom is 0.251 e. The van der Waals surface area contributed by atoms with Gasteiger partial charge in [-0.1, -0.05) is 53.7 Å². The first-order valence-corrected chi connectivity index (χ1v) is 13.2. The number of hydrogen-bond acceptors (Lipinski definition) is 6. The van der Waals surface area contributed by atoms with Crippen LogP contribution in [-0.4, -0.2) is 48.3 Å². The Morgan fingerprint density at radius 1 is 1.23 bits per heavy atom. The number of nitrogens with one attached hydrogen (secondary N) is 2. The van der Waals surface area contributed by atoms with Gasteiger partial charge in [-0.3, -0.25) is 9.79 Å². The van der Waals surface area contributed by atoms with Crippen LogP contribution in [0.15, 0.2) is 53.5 Å². The maximum atomic E-state index is 12.7. The number of amides is 1. The van der Waals surface area contributed by atoms with E-state index in [1.54, 1.807) is 18.2 Å². The van der Waals surface area contributed by atoms with Gasteiger partial charge in [0.05, 0.1) is 28.3 Å². The van der Waals surface area contributed by atoms with Gasteiger partial charge in [0.25, 0.3) is 5.91 Å². The Kier molecular flexibility index (Phi) is 6.60. The number of hydrogen-bond donors (Lipinski definition) is 2. The number of amidine groups is 1. The minimum atomic E-state index is -3.00. The molecule has 4 rings (SSSR count). The number of nitrogens with zero attached hydrogens (tertiary/aromatic N) is 1. The summed E-state index contributed by atoms with van der Waals surface area (Å²) in [7, 11) is -3.00. The largest absolute Gasteiger partial charge is 0.350 e. The van der Waals surface area contributed by atoms with Gasteiger partial charge in [-0.05, 0) is 43.5 Å². The van der Waals surface area contributed by atoms with E-state index in [2.05, 4.69) is 27.8 Å². The van der Waals surface area contributed by atoms with Crippen LogP contribution >= 0.6 is 23.4 Å². The highest BCUT2D eigenvalue weighted by Crippen LogP contribution is 2.35. The topological polar surface area (TPSA) is 87.6 Å². The van der Waals surface area contributed by atoms with Gasteiger partial charge in [0.15, 0.2) is 15.0 Å². The molecule has 2 N–H and O–H groups in total. The number of fused-ring (bicyclic) bond motifs is 1. The second-order valence-corrected chi connectivity index (χ2v) is 11.7. The minimum Gasteiger partial charge on any atom is -0.350 e. The first-order chi connectivity index (χ1) is 14.8. The molecule has 1 fully saturated rings. The van der Waals surface area contributed by atoms with Crippen LogP contribution in [0.4, 0.5) is 5.69 Å². The molecule has 2 aromatic rings. The molecule has 0 saturated carbocycles. The number of rotatable bonds is 6. The van der Waals surface area contributed by atoms with E-state index in [1.807, 2.05) is 25.1 Å². The number of halogens is 1. The molecule has 1 amide bonds. The van der Waals surface area contributed by atoms with Crippen LogP contribution in [0.5, 0.6) is 0 Å². The molecule has 3 atom stereocenters. The Labute approximate surface area is 191 Å². The van der Waals surface area contributed by atoms with Gasteiger partial charge < -0.3 is 10.6 Å². The second-order valence-electron chi connectivity index (χ2n) is 7.95. The van der Waals surface area contributed by atoms with E-state index < -0.39 is 9.84 Å². The summed E-state index contributed by atoms with van der Waals surface area (Å²) in [6, 6.07) is 15.1. The molecule has 2 aliphatic rings. The van der Waals surface area contributed by atoms with E-state index in [0.717, 1.165) is 12.8 Å². The summed E-state index contributed by atoms with van der Waals surface area (Å²) < 4.78 is 23.5. The number of aryl methyl sites for hydroxylation is 1. The summed E-state index contributed by atoms with van der Waals surface area (Å²) in [5.41, 5.74) is 2.33. The van der Waals surface area contributed by atoms with E-state index >= 15 is 0 Å². The molecule has 0 unspecified atom stereocenters. The zero-order valence-electron chi connectivity index (χ0n) is 17.0. The molecule has 0 aromatic heterocycles. The number of sulfone groups is 1. The Hall–Kier alpha value is -2.03. The Balaban J connectivity index is 1.36. The number of aliphatic imine (C=N–C) groups is 1. The highest BCUT2D eigenvalue weighted by molar-refractivity contribution is 8.15. The van der Waals surface area contributed by atoms with Gasteiger partial charge in [-0.2, -0.15) is 0 Å². The fourth-order valence-electron chi connectivity index (χ4n) is 3.70. The van der Waals surface area contributed by atoms with Crippen molar-refractivity contribution in [2.45, 2.75) is 37.1 Å². The third kappa shape index (κ3) is 5.61. The van der Waals surface area contributed by atoms with E-state index in [1.165, 1.54) is 17.3 Å². The van der Waals surface area contributed by atoms with Crippen LogP contribution in [0.25, 0.3) is 0 Å². The van der Waals surface area contributed by atoms with Crippen molar-refractivity contribution in [3.8, 4) is 0 Å². The zero-order chi connectivity index (χ0) is 22.0. The molecule has 0 radical (unpaired) electrons. The molecular formula is C22H24ClN3O3S2. The quantitative estimate of drug-likeness (QED) is 0.661. The summed E-state index contributed by atoms with van der Waals surface area (Å²) >= 11 is 7.73. The first kappa shape index (κ1) is 22.2. The van der Waals surface area contributed by atoms with Crippen LogP contribution < -0.4 is 10.6 Å². The fourth-order valence-corrected chi connectivity index (χ4v) is 7.53. The standard InChI is InChI=1S/C22H24ClN3O3S2/c1-14(7-8-15-5-3-2-4-6-15)24-21(27)16-9-10-17(23)18(11-16)25-22-26-19-12-31(28,29)13-20(19)30-22/h2-6,9-11,14,19-20H,7-8,12-13H2,1H3,(H,24,27)(H,25,26)/t14-,19+,20-/m1/s1. The van der Waals surface area contributed by atoms with Crippen molar-refractivity contribution in [2.75, 3.05) is 16.8 Å². The van der Waals surface area contributed by atoms with E-state index in [-0.39, 0.29) is 34.7 Å². The average molecular weight is 478 g/mol. The van der Waals surface area contributed by atoms with Crippen molar-refractivity contribution < 1.29 is 13.2 Å². The summed E-state index contributed by atoms with van der Waals surface area (Å²) in [6.45, 7) is 1.99. The molecule has 0 bridgehead atoms. The lowest BCUT2D eigenvalue weighted by atomic mass is 10.1. The third-order valence-electron chi connectivity index (χ3n) is 5.37. The monoisotopic (exact) mass is 477 g/mol. The Bertz CT molecular complexity index is 1110. The molecule has 2 heterocycles. The van der Waals surface area contributed by atoms with Crippen LogP contribution in [0.2, 0.25) is 5.02 Å². The first-order valence-electron chi connectivity index (χ1n) is 10.2. The van der Waals surface area contributed by atoms with E-state index in [9.17, 15) is 13.2 Å². The highest BCUT2D eigenvalue weighted by atomic mass is 35.5. The Morgan fingerprint density at radius 2 is 2.00 bits per heavy atom. The summed E-state index contributed by atoms with van der Waals surface area (Å²) in [5.74, 6) is 0.0743. The van der Waals surface area contributed by atoms with Crippen molar-refractivity contribution in [1.29, 1.82) is 0 Å². The van der Waals surface area contributed by atoms with Crippen LogP contribution in [0.1, 0.15) is 29.3 Å². The molecule has 6 nitrogen and oxygen atoms in total. The van der Waals surface area contributed by atoms with Gasteiger partial charge >= 0.3 is 0 Å². The minimum absolute atomic E-state index is 0.0240. The van der Waals surface area contributed by atoms with Gasteiger partial charge in [0.1, 0.15) is 0 Å². The van der Waals surface area contributed by atoms with Gasteiger partial charge in [-0.25, -0.2) is 8.42 Å². The summed E-state index contributed by atoms with van der Waals surface area (Å²) in [6.07, 6.45) is 1.73. The molecule has 164 valence electrons. The van der Waals surface area contributed by atoms with Crippen LogP contribution in [0, 0.1) is 0 Å². The zero-order valence-corrected chi connectivity index (χ0v) is 19.4. The van der Waals surface area contributed by atoms with Crippen molar-refractivity contribution in [1.82, 2.24) is 5.32 Å². The lowest BCUT2D eigenvalue weighted by molar-refractivity contribution is 0.0938. The smallest absolute Gasteiger partial charge is 0.251 e. The molecule has 2 aliphatic heterocycles. The molecule has 2 aromatic carbocycles. The van der Waals surface area contributed by atoms with E-state index in [4.69, 9.17) is 11.6 Å². The maximum absolute atomic E-state index is 12.7. The molecule has 9 heteroatoms. The van der Waals surface area contributed by atoms with Crippen molar-refractivity contribution in [3.05, 3.63) is 64.7 Å². The van der Waals surface area contributed by atoms with Crippen LogP contribution in [0.3, 0.4) is 0 Å². The second kappa shape index (κ2) is 9.22. The van der Waals surface area contributed by atoms with Crippen molar-refractivity contribution in [3.63, 3.8) is 0 Å². The predicted molar refractivity (Wildman–Crippen MR) is 128 cm³/mol. The van der Waals surface area contributed by atoms with Crippen molar-refractivity contribution in [2.24, 2.45) is 4.99 Å². The molecule has 0 aliphatic carbocycles. The summed E-state index contributed by atoms with van der Waals surface area (Å²) in [4.78, 5) is 17.2. The predicted octanol–water partition coefficient (Wildman–Crippen LogP) is 3.77. The lowest BCUT2D eigenvalue weighted by Gasteiger charge is -2.15. The van der Waals surface area contributed by atoms with Gasteiger partial charge in [0.2, 0.25) is 0 Å². The normalized spacial score (nSPS) is 22.5. The molecule has 0 spiro atoms. The number of carbonyl (C=O) groups is 1. The lowest BCUT2D eigenvalue weighted by Crippen LogP contribution is -2.33. The van der Waals surface area contributed by atoms with Crippen LogP contribution in [-0.2, 0) is 16.3 Å². The summed E-state index contributed by atoms with van der Waals surface area (Å²) in [5, 5.41) is 7.26. The molecule has 31 heavy (non-hydrogen) atoms. The van der Waals surface area contributed by atoms with E-state index in [0.29, 0.717) is 21.4 Å². The number of anilines is 1. The average Bonchev–Trinajstić information content (AvgIpc) is 3.21. The molecular weight excluding hydrogens is 454 g/mol. The SMILES string of the molecule is C[C@H](CCc1ccccc1)NC(=O)c1ccc(Cl)c(NC2=N[C@H]3CS(=O)(=O)C[C@H]3S2)c1. The van der Waals surface area contributed by atoms with Crippen molar-refractivity contribution >= 4 is 50.0 Å². The fraction of sp³-hybridized carbons (Fsp3) is 0.364. The number of thioether (sulfide) groups is 1. The number of benzene rings is 2. The van der Waals surface area contributed by atoms with Gasteiger partial charge in [0, 0.05) is 16.9 Å². The highest BCUT2D eigenvalue weighted by Gasteiger charge is 2.42. The third-order valence-corrected chi connectivity index (χ3v) is 8.85.